The molecule has 3 atom stereocenters. The molecule has 2 heteroatoms. The zero-order valence-electron chi connectivity index (χ0n) is 20.5. The van der Waals surface area contributed by atoms with Crippen LogP contribution in [0.5, 0.6) is 0 Å². The summed E-state index contributed by atoms with van der Waals surface area (Å²) in [6, 6.07) is 14.2. The largest absolute Gasteiger partial charge is 0.330 e. The van der Waals surface area contributed by atoms with Gasteiger partial charge in [0.25, 0.3) is 0 Å². The smallest absolute Gasteiger partial charge is 0.0986 e. The van der Waals surface area contributed by atoms with E-state index in [1.807, 2.05) is 0 Å². The highest BCUT2D eigenvalue weighted by atomic mass is 31.2. The Kier molecular flexibility index (Phi) is 7.09. The highest BCUT2D eigenvalue weighted by Gasteiger charge is 2.57. The molecule has 3 unspecified atom stereocenters. The van der Waals surface area contributed by atoms with E-state index in [0.29, 0.717) is 5.92 Å². The lowest BCUT2D eigenvalue weighted by Crippen LogP contribution is -2.45. The SMILES string of the molecule is CCC(C)(C(C)CN)[P+](CC)(Cc1cccc2c1C=CCC2)c1cccc2c1CCC=C2. The average Bonchev–Trinajstić information content (AvgIpc) is 2.86. The third-order valence-electron chi connectivity index (χ3n) is 8.75. The molecule has 0 fully saturated rings. The van der Waals surface area contributed by atoms with Crippen LogP contribution in [0.3, 0.4) is 0 Å². The second-order valence-corrected chi connectivity index (χ2v) is 14.4. The number of hydrogen-bond donors (Lipinski definition) is 1. The summed E-state index contributed by atoms with van der Waals surface area (Å²) in [5.41, 5.74) is 14.1. The summed E-state index contributed by atoms with van der Waals surface area (Å²) in [7, 11) is -1.60. The molecular weight excluding hydrogens is 405 g/mol. The van der Waals surface area contributed by atoms with E-state index in [1.165, 1.54) is 54.7 Å². The summed E-state index contributed by atoms with van der Waals surface area (Å²) < 4.78 is 0. The lowest BCUT2D eigenvalue weighted by molar-refractivity contribution is 0.416. The number of nitrogens with two attached hydrogens (primary N) is 1. The van der Waals surface area contributed by atoms with Crippen molar-refractivity contribution in [3.8, 4) is 0 Å². The van der Waals surface area contributed by atoms with Crippen molar-refractivity contribution in [3.63, 3.8) is 0 Å². The molecule has 0 radical (unpaired) electrons. The van der Waals surface area contributed by atoms with E-state index in [9.17, 15) is 0 Å². The van der Waals surface area contributed by atoms with Gasteiger partial charge in [0.15, 0.2) is 0 Å². The Balaban J connectivity index is 1.97. The van der Waals surface area contributed by atoms with Gasteiger partial charge in [-0.15, -0.1) is 0 Å². The Morgan fingerprint density at radius 1 is 1.00 bits per heavy atom. The second-order valence-electron chi connectivity index (χ2n) is 10.0. The van der Waals surface area contributed by atoms with Crippen molar-refractivity contribution in [1.82, 2.24) is 0 Å². The van der Waals surface area contributed by atoms with Crippen molar-refractivity contribution in [3.05, 3.63) is 76.4 Å². The van der Waals surface area contributed by atoms with E-state index < -0.39 is 7.26 Å². The molecule has 0 saturated carbocycles. The van der Waals surface area contributed by atoms with Crippen LogP contribution in [0.2, 0.25) is 0 Å². The molecule has 2 aliphatic carbocycles. The van der Waals surface area contributed by atoms with Crippen molar-refractivity contribution in [2.45, 2.75) is 71.1 Å². The first-order valence-corrected chi connectivity index (χ1v) is 14.8. The van der Waals surface area contributed by atoms with Crippen LogP contribution in [0.1, 0.15) is 74.8 Å². The summed E-state index contributed by atoms with van der Waals surface area (Å²) in [5.74, 6) is 0.492. The maximum Gasteiger partial charge on any atom is 0.0986 e. The predicted octanol–water partition coefficient (Wildman–Crippen LogP) is 7.23. The summed E-state index contributed by atoms with van der Waals surface area (Å²) in [6.07, 6.45) is 17.7. The number of aryl methyl sites for hydroxylation is 1. The molecule has 0 aliphatic heterocycles. The number of fused-ring (bicyclic) bond motifs is 2. The van der Waals surface area contributed by atoms with Crippen LogP contribution in [0, 0.1) is 5.92 Å². The van der Waals surface area contributed by atoms with Gasteiger partial charge in [-0.3, -0.25) is 0 Å². The van der Waals surface area contributed by atoms with Gasteiger partial charge in [-0.05, 0) is 80.8 Å². The van der Waals surface area contributed by atoms with Gasteiger partial charge in [0.1, 0.15) is 0 Å². The normalized spacial score (nSPS) is 19.5. The first-order valence-electron chi connectivity index (χ1n) is 12.6. The molecule has 0 aromatic heterocycles. The topological polar surface area (TPSA) is 26.0 Å². The van der Waals surface area contributed by atoms with Gasteiger partial charge in [0.2, 0.25) is 0 Å². The molecule has 32 heavy (non-hydrogen) atoms. The number of rotatable bonds is 8. The predicted molar refractivity (Wildman–Crippen MR) is 145 cm³/mol. The van der Waals surface area contributed by atoms with Crippen LogP contribution < -0.4 is 11.0 Å². The minimum absolute atomic E-state index is 0.216. The summed E-state index contributed by atoms with van der Waals surface area (Å²) >= 11 is 0. The fourth-order valence-corrected chi connectivity index (χ4v) is 12.2. The van der Waals surface area contributed by atoms with Gasteiger partial charge in [-0.1, -0.05) is 68.5 Å². The van der Waals surface area contributed by atoms with E-state index in [2.05, 4.69) is 88.4 Å². The molecule has 2 aromatic rings. The van der Waals surface area contributed by atoms with Crippen molar-refractivity contribution in [2.24, 2.45) is 11.7 Å². The second kappa shape index (κ2) is 9.66. The fourth-order valence-electron chi connectivity index (χ4n) is 6.34. The molecule has 1 nitrogen and oxygen atoms in total. The maximum atomic E-state index is 6.40. The van der Waals surface area contributed by atoms with E-state index in [0.717, 1.165) is 13.0 Å². The van der Waals surface area contributed by atoms with E-state index in [-0.39, 0.29) is 5.16 Å². The van der Waals surface area contributed by atoms with E-state index in [1.54, 1.807) is 16.4 Å². The van der Waals surface area contributed by atoms with Crippen molar-refractivity contribution in [1.29, 1.82) is 0 Å². The summed E-state index contributed by atoms with van der Waals surface area (Å²) in [6.45, 7) is 10.6. The molecule has 2 aliphatic rings. The van der Waals surface area contributed by atoms with Gasteiger partial charge in [-0.25, -0.2) is 0 Å². The Morgan fingerprint density at radius 2 is 1.75 bits per heavy atom. The Morgan fingerprint density at radius 3 is 2.50 bits per heavy atom. The Hall–Kier alpha value is -1.69. The van der Waals surface area contributed by atoms with Crippen LogP contribution >= 0.6 is 7.26 Å². The monoisotopic (exact) mass is 446 g/mol. The van der Waals surface area contributed by atoms with Gasteiger partial charge in [0, 0.05) is 11.5 Å². The minimum atomic E-state index is -1.60. The summed E-state index contributed by atoms with van der Waals surface area (Å²) in [5, 5.41) is 1.90. The third kappa shape index (κ3) is 3.82. The Labute approximate surface area is 196 Å². The third-order valence-corrected chi connectivity index (χ3v) is 14.8. The fraction of sp³-hybridized carbons (Fsp3) is 0.467. The van der Waals surface area contributed by atoms with Crippen molar-refractivity contribution >= 4 is 24.7 Å². The zero-order chi connectivity index (χ0) is 22.8. The van der Waals surface area contributed by atoms with Gasteiger partial charge < -0.3 is 5.73 Å². The molecule has 0 spiro atoms. The first kappa shape index (κ1) is 23.5. The van der Waals surface area contributed by atoms with Gasteiger partial charge in [-0.2, -0.15) is 0 Å². The van der Waals surface area contributed by atoms with Crippen LogP contribution in [0.25, 0.3) is 12.2 Å². The maximum absolute atomic E-state index is 6.40. The first-order chi connectivity index (χ1) is 15.5. The van der Waals surface area contributed by atoms with Gasteiger partial charge in [0.05, 0.1) is 30.0 Å². The van der Waals surface area contributed by atoms with Crippen molar-refractivity contribution < 1.29 is 0 Å². The number of allylic oxidation sites excluding steroid dienone is 2. The summed E-state index contributed by atoms with van der Waals surface area (Å²) in [4.78, 5) is 0. The molecule has 2 N–H and O–H groups in total. The lowest BCUT2D eigenvalue weighted by Gasteiger charge is -2.47. The minimum Gasteiger partial charge on any atom is -0.330 e. The van der Waals surface area contributed by atoms with Crippen LogP contribution in [0.15, 0.2) is 48.6 Å². The standard InChI is InChI=1S/C30H41NP/c1-5-30(4,23(3)21-31)32(6-2,29-20-12-16-25-14-8-10-19-28(25)29)22-26-17-11-15-24-13-7-9-18-27(24)26/h8-9,11-12,14-18,20,23H,5-7,10,13,19,21-22,31H2,1-4H3/q+1. The highest BCUT2D eigenvalue weighted by Crippen LogP contribution is 2.73. The van der Waals surface area contributed by atoms with Crippen LogP contribution in [0.4, 0.5) is 0 Å². The number of benzene rings is 2. The molecule has 4 rings (SSSR count). The lowest BCUT2D eigenvalue weighted by atomic mass is 9.92. The molecule has 0 heterocycles. The van der Waals surface area contributed by atoms with Crippen LogP contribution in [-0.2, 0) is 19.0 Å². The zero-order valence-corrected chi connectivity index (χ0v) is 21.4. The average molecular weight is 447 g/mol. The van der Waals surface area contributed by atoms with E-state index in [4.69, 9.17) is 5.73 Å². The van der Waals surface area contributed by atoms with E-state index >= 15 is 0 Å². The Bertz CT molecular complexity index is 1020. The molecule has 0 saturated heterocycles. The highest BCUT2D eigenvalue weighted by molar-refractivity contribution is 7.83. The molecule has 0 amide bonds. The van der Waals surface area contributed by atoms with Crippen molar-refractivity contribution in [2.75, 3.05) is 12.7 Å². The molecule has 2 aromatic carbocycles. The molecular formula is C30H41NP+. The number of hydrogen-bond acceptors (Lipinski definition) is 1. The van der Waals surface area contributed by atoms with Gasteiger partial charge >= 0.3 is 0 Å². The molecule has 170 valence electrons. The molecule has 0 bridgehead atoms. The quantitative estimate of drug-likeness (QED) is 0.425. The van der Waals surface area contributed by atoms with Crippen LogP contribution in [-0.4, -0.2) is 17.9 Å².